The van der Waals surface area contributed by atoms with E-state index in [0.29, 0.717) is 6.42 Å². The van der Waals surface area contributed by atoms with E-state index in [1.807, 2.05) is 25.1 Å². The number of nitrogens with two attached hydrogens (primary N) is 1. The predicted octanol–water partition coefficient (Wildman–Crippen LogP) is 0.644. The van der Waals surface area contributed by atoms with E-state index in [1.165, 1.54) is 0 Å². The molecule has 1 heterocycles. The molecule has 0 unspecified atom stereocenters. The fraction of sp³-hybridized carbons (Fsp3) is 0.455. The minimum absolute atomic E-state index is 0.0194. The maximum atomic E-state index is 11.8. The van der Waals surface area contributed by atoms with E-state index in [4.69, 9.17) is 5.73 Å². The lowest BCUT2D eigenvalue weighted by Crippen LogP contribution is -2.49. The quantitative estimate of drug-likeness (QED) is 0.597. The summed E-state index contributed by atoms with van der Waals surface area (Å²) in [6.45, 7) is 1.86. The Labute approximate surface area is 92.9 Å². The average Bonchev–Trinajstić information content (AvgIpc) is 2.48. The van der Waals surface area contributed by atoms with E-state index in [0.717, 1.165) is 5.57 Å². The lowest BCUT2D eigenvalue weighted by molar-refractivity contribution is -0.125. The topological polar surface area (TPSA) is 103 Å². The molecule has 1 aliphatic carbocycles. The van der Waals surface area contributed by atoms with Crippen molar-refractivity contribution in [2.24, 2.45) is 21.6 Å². The van der Waals surface area contributed by atoms with Crippen LogP contribution in [0.4, 0.5) is 0 Å². The predicted molar refractivity (Wildman–Crippen MR) is 55.7 cm³/mol. The summed E-state index contributed by atoms with van der Waals surface area (Å²) in [6, 6.07) is 4.00. The lowest BCUT2D eigenvalue weighted by Gasteiger charge is -2.36. The monoisotopic (exact) mass is 214 g/mol. The highest BCUT2D eigenvalue weighted by atomic mass is 16.2. The standard InChI is InChI=1S/C11H10N4O/c1-7-2-3-10(5-12)9(16)15-8(14)11(10,4-7)6-13/h2H,3-4H2,1H3,(H2,14,15,16)/t10-,11+/m1/s1. The molecular formula is C11H10N4O. The molecule has 2 N–H and O–H groups in total. The molecule has 80 valence electrons. The molecular weight excluding hydrogens is 204 g/mol. The number of allylic oxidation sites excluding steroid dienone is 2. The second-order valence-corrected chi connectivity index (χ2v) is 4.27. The fourth-order valence-corrected chi connectivity index (χ4v) is 2.40. The molecule has 5 nitrogen and oxygen atoms in total. The van der Waals surface area contributed by atoms with Gasteiger partial charge in [0.1, 0.15) is 11.3 Å². The van der Waals surface area contributed by atoms with Gasteiger partial charge < -0.3 is 5.73 Å². The van der Waals surface area contributed by atoms with E-state index in [-0.39, 0.29) is 12.3 Å². The van der Waals surface area contributed by atoms with Crippen LogP contribution in [0.15, 0.2) is 16.6 Å². The van der Waals surface area contributed by atoms with Gasteiger partial charge in [-0.15, -0.1) is 0 Å². The van der Waals surface area contributed by atoms with Crippen molar-refractivity contribution in [2.75, 3.05) is 0 Å². The van der Waals surface area contributed by atoms with Crippen LogP contribution in [0, 0.1) is 33.5 Å². The third-order valence-corrected chi connectivity index (χ3v) is 3.44. The van der Waals surface area contributed by atoms with E-state index in [1.54, 1.807) is 0 Å². The molecule has 0 aromatic heterocycles. The zero-order valence-electron chi connectivity index (χ0n) is 8.82. The number of nitriles is 2. The molecule has 0 spiro atoms. The number of fused-ring (bicyclic) bond motifs is 1. The number of carbonyl (C=O) groups is 1. The van der Waals surface area contributed by atoms with Gasteiger partial charge in [-0.3, -0.25) is 4.79 Å². The maximum Gasteiger partial charge on any atom is 0.270 e. The normalized spacial score (nSPS) is 36.8. The molecule has 1 amide bonds. The number of rotatable bonds is 0. The van der Waals surface area contributed by atoms with Crippen LogP contribution >= 0.6 is 0 Å². The first-order valence-electron chi connectivity index (χ1n) is 4.89. The molecule has 2 rings (SSSR count). The van der Waals surface area contributed by atoms with Gasteiger partial charge in [0.15, 0.2) is 5.41 Å². The number of hydrogen-bond donors (Lipinski definition) is 1. The van der Waals surface area contributed by atoms with Crippen LogP contribution in [-0.4, -0.2) is 11.7 Å². The van der Waals surface area contributed by atoms with E-state index < -0.39 is 16.7 Å². The average molecular weight is 214 g/mol. The van der Waals surface area contributed by atoms with Crippen molar-refractivity contribution in [2.45, 2.75) is 19.8 Å². The number of hydrogen-bond acceptors (Lipinski definition) is 4. The Hall–Kier alpha value is -2.14. The van der Waals surface area contributed by atoms with Crippen LogP contribution in [0.25, 0.3) is 0 Å². The largest absolute Gasteiger partial charge is 0.386 e. The molecule has 2 aliphatic rings. The van der Waals surface area contributed by atoms with Gasteiger partial charge in [0.2, 0.25) is 0 Å². The van der Waals surface area contributed by atoms with Gasteiger partial charge in [0.25, 0.3) is 5.91 Å². The molecule has 2 atom stereocenters. The Bertz CT molecular complexity index is 519. The Morgan fingerprint density at radius 1 is 1.44 bits per heavy atom. The zero-order chi connectivity index (χ0) is 12.0. The first-order valence-corrected chi connectivity index (χ1v) is 4.89. The fourth-order valence-electron chi connectivity index (χ4n) is 2.40. The second kappa shape index (κ2) is 2.93. The maximum absolute atomic E-state index is 11.8. The molecule has 0 aromatic carbocycles. The molecule has 16 heavy (non-hydrogen) atoms. The minimum atomic E-state index is -1.41. The number of nitrogens with zero attached hydrogens (tertiary/aromatic N) is 3. The van der Waals surface area contributed by atoms with Crippen molar-refractivity contribution < 1.29 is 4.79 Å². The molecule has 0 saturated carbocycles. The second-order valence-electron chi connectivity index (χ2n) is 4.27. The van der Waals surface area contributed by atoms with Gasteiger partial charge in [-0.1, -0.05) is 11.6 Å². The van der Waals surface area contributed by atoms with Crippen LogP contribution < -0.4 is 5.73 Å². The number of carbonyl (C=O) groups excluding carboxylic acids is 1. The molecule has 0 aromatic rings. The third-order valence-electron chi connectivity index (χ3n) is 3.44. The highest BCUT2D eigenvalue weighted by Crippen LogP contribution is 2.53. The van der Waals surface area contributed by atoms with E-state index in [9.17, 15) is 15.3 Å². The van der Waals surface area contributed by atoms with Crippen LogP contribution in [-0.2, 0) is 4.79 Å². The van der Waals surface area contributed by atoms with Crippen LogP contribution in [0.2, 0.25) is 0 Å². The van der Waals surface area contributed by atoms with Crippen molar-refractivity contribution in [1.29, 1.82) is 10.5 Å². The summed E-state index contributed by atoms with van der Waals surface area (Å²) in [5.74, 6) is -0.605. The summed E-state index contributed by atoms with van der Waals surface area (Å²) in [7, 11) is 0. The van der Waals surface area contributed by atoms with Gasteiger partial charge in [-0.2, -0.15) is 15.5 Å². The molecule has 5 heteroatoms. The van der Waals surface area contributed by atoms with E-state index >= 15 is 0 Å². The molecule has 0 fully saturated rings. The SMILES string of the molecule is CC1=CC[C@@]2(C#N)C(=O)N=C(N)[C@@]2(C#N)C1. The summed E-state index contributed by atoms with van der Waals surface area (Å²) >= 11 is 0. The summed E-state index contributed by atoms with van der Waals surface area (Å²) in [4.78, 5) is 15.4. The molecule has 0 radical (unpaired) electrons. The van der Waals surface area contributed by atoms with Crippen LogP contribution in [0.1, 0.15) is 19.8 Å². The van der Waals surface area contributed by atoms with Gasteiger partial charge >= 0.3 is 0 Å². The first kappa shape index (κ1) is 10.4. The summed E-state index contributed by atoms with van der Waals surface area (Å²) in [5, 5.41) is 18.6. The van der Waals surface area contributed by atoms with Gasteiger partial charge in [-0.05, 0) is 19.8 Å². The van der Waals surface area contributed by atoms with Crippen LogP contribution in [0.3, 0.4) is 0 Å². The Morgan fingerprint density at radius 3 is 2.62 bits per heavy atom. The third kappa shape index (κ3) is 0.880. The summed E-state index contributed by atoms with van der Waals surface area (Å²) in [5.41, 5.74) is 3.96. The van der Waals surface area contributed by atoms with Gasteiger partial charge in [0.05, 0.1) is 12.1 Å². The Morgan fingerprint density at radius 2 is 2.06 bits per heavy atom. The minimum Gasteiger partial charge on any atom is -0.386 e. The van der Waals surface area contributed by atoms with Crippen molar-refractivity contribution in [3.63, 3.8) is 0 Å². The van der Waals surface area contributed by atoms with Crippen LogP contribution in [0.5, 0.6) is 0 Å². The molecule has 0 saturated heterocycles. The number of amides is 1. The van der Waals surface area contributed by atoms with E-state index in [2.05, 4.69) is 4.99 Å². The number of amidine groups is 1. The lowest BCUT2D eigenvalue weighted by atomic mass is 9.58. The Balaban J connectivity index is 2.71. The molecule has 0 bridgehead atoms. The summed E-state index contributed by atoms with van der Waals surface area (Å²) < 4.78 is 0. The molecule has 1 aliphatic heterocycles. The van der Waals surface area contributed by atoms with Crippen molar-refractivity contribution in [3.8, 4) is 12.1 Å². The van der Waals surface area contributed by atoms with Gasteiger partial charge in [-0.25, -0.2) is 0 Å². The first-order chi connectivity index (χ1) is 7.52. The van der Waals surface area contributed by atoms with Gasteiger partial charge in [0, 0.05) is 0 Å². The summed E-state index contributed by atoms with van der Waals surface area (Å²) in [6.07, 6.45) is 2.33. The smallest absolute Gasteiger partial charge is 0.270 e. The highest BCUT2D eigenvalue weighted by Gasteiger charge is 2.65. The van der Waals surface area contributed by atoms with Crippen molar-refractivity contribution in [1.82, 2.24) is 0 Å². The highest BCUT2D eigenvalue weighted by molar-refractivity contribution is 6.11. The van der Waals surface area contributed by atoms with Crippen molar-refractivity contribution >= 4 is 11.7 Å². The zero-order valence-corrected chi connectivity index (χ0v) is 8.82. The van der Waals surface area contributed by atoms with Crippen molar-refractivity contribution in [3.05, 3.63) is 11.6 Å². The Kier molecular flexibility index (Phi) is 1.90. The number of aliphatic imine (C=N–C) groups is 1.